The Kier molecular flexibility index (Phi) is 4.57. The third kappa shape index (κ3) is 3.60. The van der Waals surface area contributed by atoms with Gasteiger partial charge in [0.15, 0.2) is 0 Å². The molecule has 0 aliphatic carbocycles. The van der Waals surface area contributed by atoms with Crippen LogP contribution in [-0.4, -0.2) is 11.1 Å². The highest BCUT2D eigenvalue weighted by Gasteiger charge is 2.14. The second-order valence-electron chi connectivity index (χ2n) is 5.30. The first-order valence-corrected chi connectivity index (χ1v) is 7.43. The molecule has 0 aromatic heterocycles. The summed E-state index contributed by atoms with van der Waals surface area (Å²) in [6, 6.07) is 19.8. The lowest BCUT2D eigenvalue weighted by atomic mass is 10.0. The molecule has 3 aromatic rings. The molecule has 3 nitrogen and oxygen atoms in total. The molecule has 0 radical (unpaired) electrons. The van der Waals surface area contributed by atoms with E-state index in [1.165, 1.54) is 24.3 Å². The molecule has 24 heavy (non-hydrogen) atoms. The molecule has 0 aliphatic heterocycles. The van der Waals surface area contributed by atoms with Gasteiger partial charge in [0.25, 0.3) is 0 Å². The molecule has 0 heterocycles. The predicted octanol–water partition coefficient (Wildman–Crippen LogP) is 4.56. The van der Waals surface area contributed by atoms with E-state index in [0.29, 0.717) is 5.56 Å². The topological polar surface area (TPSA) is 46.5 Å². The SMILES string of the molecule is O=C(OCc1ccccc1)c1cc(-c2ccc(F)cc2)ccc1O. The minimum Gasteiger partial charge on any atom is -0.507 e. The Balaban J connectivity index is 1.80. The fourth-order valence-electron chi connectivity index (χ4n) is 2.32. The van der Waals surface area contributed by atoms with Gasteiger partial charge in [0.05, 0.1) is 0 Å². The van der Waals surface area contributed by atoms with Gasteiger partial charge in [-0.05, 0) is 41.0 Å². The lowest BCUT2D eigenvalue weighted by molar-refractivity contribution is 0.0469. The average Bonchev–Trinajstić information content (AvgIpc) is 2.62. The van der Waals surface area contributed by atoms with Gasteiger partial charge >= 0.3 is 5.97 Å². The van der Waals surface area contributed by atoms with Gasteiger partial charge in [0.1, 0.15) is 23.7 Å². The lowest BCUT2D eigenvalue weighted by Gasteiger charge is -2.09. The molecule has 0 spiro atoms. The molecule has 0 saturated carbocycles. The second kappa shape index (κ2) is 6.96. The summed E-state index contributed by atoms with van der Waals surface area (Å²) >= 11 is 0. The Bertz CT molecular complexity index is 843. The molecule has 0 unspecified atom stereocenters. The van der Waals surface area contributed by atoms with Crippen LogP contribution in [0.1, 0.15) is 15.9 Å². The third-order valence-corrected chi connectivity index (χ3v) is 3.61. The zero-order valence-electron chi connectivity index (χ0n) is 12.8. The smallest absolute Gasteiger partial charge is 0.342 e. The van der Waals surface area contributed by atoms with Gasteiger partial charge in [-0.25, -0.2) is 9.18 Å². The van der Waals surface area contributed by atoms with Crippen LogP contribution in [0, 0.1) is 5.82 Å². The zero-order valence-corrected chi connectivity index (χ0v) is 12.8. The number of halogens is 1. The first-order chi connectivity index (χ1) is 11.6. The van der Waals surface area contributed by atoms with Crippen LogP contribution in [-0.2, 0) is 11.3 Å². The minimum atomic E-state index is -0.611. The number of esters is 1. The zero-order chi connectivity index (χ0) is 16.9. The van der Waals surface area contributed by atoms with Crippen molar-refractivity contribution in [2.75, 3.05) is 0 Å². The van der Waals surface area contributed by atoms with Crippen molar-refractivity contribution in [2.24, 2.45) is 0 Å². The summed E-state index contributed by atoms with van der Waals surface area (Å²) in [4.78, 5) is 12.2. The molecule has 0 amide bonds. The summed E-state index contributed by atoms with van der Waals surface area (Å²) in [6.07, 6.45) is 0. The first-order valence-electron chi connectivity index (χ1n) is 7.43. The highest BCUT2D eigenvalue weighted by molar-refractivity contribution is 5.94. The van der Waals surface area contributed by atoms with Crippen molar-refractivity contribution in [3.63, 3.8) is 0 Å². The van der Waals surface area contributed by atoms with Crippen molar-refractivity contribution in [2.45, 2.75) is 6.61 Å². The first kappa shape index (κ1) is 15.7. The standard InChI is InChI=1S/C20H15FO3/c21-17-9-6-15(7-10-17)16-8-11-19(22)18(12-16)20(23)24-13-14-4-2-1-3-5-14/h1-12,22H,13H2. The quantitative estimate of drug-likeness (QED) is 0.717. The molecule has 3 rings (SSSR count). The average molecular weight is 322 g/mol. The van der Waals surface area contributed by atoms with E-state index in [9.17, 15) is 14.3 Å². The van der Waals surface area contributed by atoms with Gasteiger partial charge in [-0.1, -0.05) is 48.5 Å². The van der Waals surface area contributed by atoms with Crippen molar-refractivity contribution in [3.8, 4) is 16.9 Å². The normalized spacial score (nSPS) is 10.4. The van der Waals surface area contributed by atoms with Gasteiger partial charge in [0.2, 0.25) is 0 Å². The number of ether oxygens (including phenoxy) is 1. The van der Waals surface area contributed by atoms with Crippen LogP contribution in [0.2, 0.25) is 0 Å². The van der Waals surface area contributed by atoms with E-state index < -0.39 is 5.97 Å². The number of phenols is 1. The largest absolute Gasteiger partial charge is 0.507 e. The molecule has 0 aliphatic rings. The third-order valence-electron chi connectivity index (χ3n) is 3.61. The van der Waals surface area contributed by atoms with Crippen molar-refractivity contribution in [1.29, 1.82) is 0 Å². The number of rotatable bonds is 4. The Morgan fingerprint density at radius 1 is 0.917 bits per heavy atom. The summed E-state index contributed by atoms with van der Waals surface area (Å²) < 4.78 is 18.3. The summed E-state index contributed by atoms with van der Waals surface area (Å²) in [7, 11) is 0. The molecule has 120 valence electrons. The van der Waals surface area contributed by atoms with Crippen molar-refractivity contribution >= 4 is 5.97 Å². The fraction of sp³-hybridized carbons (Fsp3) is 0.0500. The number of hydrogen-bond donors (Lipinski definition) is 1. The Labute approximate surface area is 139 Å². The second-order valence-corrected chi connectivity index (χ2v) is 5.30. The number of aromatic hydroxyl groups is 1. The van der Waals surface area contributed by atoms with Crippen LogP contribution in [0.3, 0.4) is 0 Å². The van der Waals surface area contributed by atoms with E-state index in [1.54, 1.807) is 18.2 Å². The molecule has 3 aromatic carbocycles. The van der Waals surface area contributed by atoms with Crippen molar-refractivity contribution in [3.05, 3.63) is 89.7 Å². The number of benzene rings is 3. The van der Waals surface area contributed by atoms with Crippen LogP contribution in [0.4, 0.5) is 4.39 Å². The fourth-order valence-corrected chi connectivity index (χ4v) is 2.32. The summed E-state index contributed by atoms with van der Waals surface area (Å²) in [5.41, 5.74) is 2.38. The number of phenolic OH excluding ortho intramolecular Hbond substituents is 1. The van der Waals surface area contributed by atoms with Crippen LogP contribution in [0.5, 0.6) is 5.75 Å². The molecule has 4 heteroatoms. The van der Waals surface area contributed by atoms with E-state index in [2.05, 4.69) is 0 Å². The maximum atomic E-state index is 13.0. The van der Waals surface area contributed by atoms with E-state index in [4.69, 9.17) is 4.74 Å². The summed E-state index contributed by atoms with van der Waals surface area (Å²) in [5, 5.41) is 9.93. The van der Waals surface area contributed by atoms with Gasteiger partial charge in [-0.3, -0.25) is 0 Å². The number of carbonyl (C=O) groups is 1. The van der Waals surface area contributed by atoms with Crippen LogP contribution >= 0.6 is 0 Å². The lowest BCUT2D eigenvalue weighted by Crippen LogP contribution is -2.05. The van der Waals surface area contributed by atoms with Gasteiger partial charge < -0.3 is 9.84 Å². The summed E-state index contributed by atoms with van der Waals surface area (Å²) in [6.45, 7) is 0.125. The van der Waals surface area contributed by atoms with E-state index in [1.807, 2.05) is 30.3 Å². The molecular formula is C20H15FO3. The Morgan fingerprint density at radius 3 is 2.29 bits per heavy atom. The molecular weight excluding hydrogens is 307 g/mol. The van der Waals surface area contributed by atoms with E-state index in [-0.39, 0.29) is 23.7 Å². The maximum absolute atomic E-state index is 13.0. The van der Waals surface area contributed by atoms with E-state index in [0.717, 1.165) is 11.1 Å². The molecule has 0 fully saturated rings. The number of carbonyl (C=O) groups excluding carboxylic acids is 1. The molecule has 0 bridgehead atoms. The Hall–Kier alpha value is -3.14. The van der Waals surface area contributed by atoms with Crippen LogP contribution < -0.4 is 0 Å². The molecule has 0 saturated heterocycles. The molecule has 0 atom stereocenters. The highest BCUT2D eigenvalue weighted by Crippen LogP contribution is 2.27. The highest BCUT2D eigenvalue weighted by atomic mass is 19.1. The summed E-state index contributed by atoms with van der Waals surface area (Å²) in [5.74, 6) is -1.10. The van der Waals surface area contributed by atoms with Crippen LogP contribution in [0.25, 0.3) is 11.1 Å². The Morgan fingerprint density at radius 2 is 1.58 bits per heavy atom. The molecule has 1 N–H and O–H groups in total. The minimum absolute atomic E-state index is 0.0766. The predicted molar refractivity (Wildman–Crippen MR) is 89.1 cm³/mol. The monoisotopic (exact) mass is 322 g/mol. The van der Waals surface area contributed by atoms with Gasteiger partial charge in [-0.15, -0.1) is 0 Å². The van der Waals surface area contributed by atoms with Crippen molar-refractivity contribution in [1.82, 2.24) is 0 Å². The van der Waals surface area contributed by atoms with Crippen LogP contribution in [0.15, 0.2) is 72.8 Å². The number of hydrogen-bond acceptors (Lipinski definition) is 3. The maximum Gasteiger partial charge on any atom is 0.342 e. The van der Waals surface area contributed by atoms with E-state index >= 15 is 0 Å². The van der Waals surface area contributed by atoms with Crippen molar-refractivity contribution < 1.29 is 19.0 Å². The van der Waals surface area contributed by atoms with Gasteiger partial charge in [0, 0.05) is 0 Å². The van der Waals surface area contributed by atoms with Gasteiger partial charge in [-0.2, -0.15) is 0 Å².